The average molecular weight is 633 g/mol. The van der Waals surface area contributed by atoms with Gasteiger partial charge in [0.05, 0.1) is 16.0 Å². The molecule has 1 aliphatic heterocycles. The van der Waals surface area contributed by atoms with E-state index in [1.807, 2.05) is 38.1 Å². The maximum Gasteiger partial charge on any atom is 0.416 e. The van der Waals surface area contributed by atoms with Crippen LogP contribution < -0.4 is 10.6 Å². The van der Waals surface area contributed by atoms with Crippen molar-refractivity contribution >= 4 is 33.6 Å². The molecule has 44 heavy (non-hydrogen) atoms. The lowest BCUT2D eigenvalue weighted by atomic mass is 10.0. The van der Waals surface area contributed by atoms with Crippen LogP contribution in [0.2, 0.25) is 0 Å². The van der Waals surface area contributed by atoms with Crippen molar-refractivity contribution in [2.45, 2.75) is 43.4 Å². The monoisotopic (exact) mass is 632 g/mol. The number of piperazine rings is 1. The number of amides is 3. The quantitative estimate of drug-likeness (QED) is 0.328. The molecule has 0 aliphatic carbocycles. The van der Waals surface area contributed by atoms with Crippen LogP contribution in [0.1, 0.15) is 46.8 Å². The standard InChI is InChI=1S/C30H31F3N4O6S/c1-19(2)21-8-6-20(7-9-21)17-34-27(38)26-18-36(29(41)35-24-5-3-4-22(16-24)28(39)40)14-15-37(26)44(42,43)25-12-10-23(11-13-25)30(31,32)33/h3-13,16,19,26H,14-15,17-18H2,1-2H3,(H,34,38)(H,35,41)(H,39,40). The fraction of sp³-hybridized carbons (Fsp3) is 0.300. The zero-order chi connectivity index (χ0) is 32.2. The van der Waals surface area contributed by atoms with Gasteiger partial charge in [-0.3, -0.25) is 4.79 Å². The van der Waals surface area contributed by atoms with E-state index < -0.39 is 50.6 Å². The molecule has 1 aliphatic rings. The van der Waals surface area contributed by atoms with Gasteiger partial charge in [-0.1, -0.05) is 44.2 Å². The van der Waals surface area contributed by atoms with E-state index in [-0.39, 0.29) is 37.4 Å². The number of hydrogen-bond acceptors (Lipinski definition) is 5. The number of rotatable bonds is 8. The smallest absolute Gasteiger partial charge is 0.416 e. The van der Waals surface area contributed by atoms with Crippen molar-refractivity contribution in [3.8, 4) is 0 Å². The molecule has 1 saturated heterocycles. The van der Waals surface area contributed by atoms with Crippen LogP contribution in [0.5, 0.6) is 0 Å². The zero-order valence-corrected chi connectivity index (χ0v) is 24.7. The van der Waals surface area contributed by atoms with Crippen molar-refractivity contribution in [2.75, 3.05) is 25.0 Å². The first-order chi connectivity index (χ1) is 20.7. The van der Waals surface area contributed by atoms with Crippen LogP contribution in [0.4, 0.5) is 23.7 Å². The Morgan fingerprint density at radius 2 is 1.64 bits per heavy atom. The molecule has 0 saturated carbocycles. The van der Waals surface area contributed by atoms with E-state index >= 15 is 0 Å². The highest BCUT2D eigenvalue weighted by Gasteiger charge is 2.42. The van der Waals surface area contributed by atoms with Crippen LogP contribution in [0.25, 0.3) is 0 Å². The number of aromatic carboxylic acids is 1. The number of alkyl halides is 3. The molecule has 0 radical (unpaired) electrons. The summed E-state index contributed by atoms with van der Waals surface area (Å²) in [7, 11) is -4.46. The molecule has 3 aromatic rings. The fourth-order valence-electron chi connectivity index (χ4n) is 4.66. The summed E-state index contributed by atoms with van der Waals surface area (Å²) < 4.78 is 67.3. The minimum Gasteiger partial charge on any atom is -0.478 e. The van der Waals surface area contributed by atoms with E-state index in [2.05, 4.69) is 10.6 Å². The van der Waals surface area contributed by atoms with Crippen molar-refractivity contribution in [3.05, 3.63) is 95.1 Å². The topological polar surface area (TPSA) is 136 Å². The second-order valence-corrected chi connectivity index (χ2v) is 12.4. The average Bonchev–Trinajstić information content (AvgIpc) is 2.99. The second-order valence-electron chi connectivity index (χ2n) is 10.5. The predicted octanol–water partition coefficient (Wildman–Crippen LogP) is 4.75. The predicted molar refractivity (Wildman–Crippen MR) is 155 cm³/mol. The van der Waals surface area contributed by atoms with E-state index in [0.717, 1.165) is 27.6 Å². The SMILES string of the molecule is CC(C)c1ccc(CNC(=O)C2CN(C(=O)Nc3cccc(C(=O)O)c3)CCN2S(=O)(=O)c2ccc(C(F)(F)F)cc2)cc1. The number of nitrogens with zero attached hydrogens (tertiary/aromatic N) is 2. The molecule has 0 spiro atoms. The number of carboxylic acid groups (broad SMARTS) is 1. The van der Waals surface area contributed by atoms with Crippen LogP contribution >= 0.6 is 0 Å². The van der Waals surface area contributed by atoms with E-state index in [9.17, 15) is 41.1 Å². The molecule has 14 heteroatoms. The lowest BCUT2D eigenvalue weighted by molar-refractivity contribution is -0.137. The zero-order valence-electron chi connectivity index (χ0n) is 23.8. The Morgan fingerprint density at radius 3 is 2.23 bits per heavy atom. The van der Waals surface area contributed by atoms with Crippen molar-refractivity contribution in [3.63, 3.8) is 0 Å². The third-order valence-electron chi connectivity index (χ3n) is 7.18. The summed E-state index contributed by atoms with van der Waals surface area (Å²) >= 11 is 0. The van der Waals surface area contributed by atoms with Crippen LogP contribution in [-0.4, -0.2) is 66.3 Å². The van der Waals surface area contributed by atoms with Gasteiger partial charge in [0, 0.05) is 31.9 Å². The number of carbonyl (C=O) groups is 3. The summed E-state index contributed by atoms with van der Waals surface area (Å²) in [5.74, 6) is -1.61. The maximum atomic E-state index is 13.6. The minimum atomic E-state index is -4.67. The van der Waals surface area contributed by atoms with Gasteiger partial charge in [-0.2, -0.15) is 17.5 Å². The molecule has 1 heterocycles. The Bertz CT molecular complexity index is 1630. The number of nitrogens with one attached hydrogen (secondary N) is 2. The van der Waals surface area contributed by atoms with Gasteiger partial charge in [-0.15, -0.1) is 0 Å². The van der Waals surface area contributed by atoms with E-state index in [1.54, 1.807) is 0 Å². The molecule has 10 nitrogen and oxygen atoms in total. The lowest BCUT2D eigenvalue weighted by Gasteiger charge is -2.39. The van der Waals surface area contributed by atoms with Crippen molar-refractivity contribution in [1.82, 2.24) is 14.5 Å². The molecule has 234 valence electrons. The highest BCUT2D eigenvalue weighted by atomic mass is 32.2. The fourth-order valence-corrected chi connectivity index (χ4v) is 6.23. The molecular formula is C30H31F3N4O6S. The molecule has 1 fully saturated rings. The highest BCUT2D eigenvalue weighted by Crippen LogP contribution is 2.31. The van der Waals surface area contributed by atoms with Crippen molar-refractivity contribution < 1.29 is 41.1 Å². The Labute approximate surface area is 252 Å². The number of carbonyl (C=O) groups excluding carboxylic acids is 2. The molecule has 3 aromatic carbocycles. The first-order valence-corrected chi connectivity index (χ1v) is 15.1. The summed E-state index contributed by atoms with van der Waals surface area (Å²) in [5, 5.41) is 14.5. The number of benzene rings is 3. The van der Waals surface area contributed by atoms with Gasteiger partial charge in [-0.05, 0) is 59.5 Å². The molecule has 1 atom stereocenters. The number of urea groups is 1. The molecule has 1 unspecified atom stereocenters. The minimum absolute atomic E-state index is 0.0612. The maximum absolute atomic E-state index is 13.6. The summed E-state index contributed by atoms with van der Waals surface area (Å²) in [4.78, 5) is 38.7. The number of anilines is 1. The third kappa shape index (κ3) is 7.55. The van der Waals surface area contributed by atoms with Crippen LogP contribution in [-0.2, 0) is 27.5 Å². The molecule has 3 N–H and O–H groups in total. The first-order valence-electron chi connectivity index (χ1n) is 13.6. The number of halogens is 3. The lowest BCUT2D eigenvalue weighted by Crippen LogP contribution is -2.61. The summed E-state index contributed by atoms with van der Waals surface area (Å²) in [6.07, 6.45) is -4.67. The van der Waals surface area contributed by atoms with Crippen LogP contribution in [0.3, 0.4) is 0 Å². The van der Waals surface area contributed by atoms with Gasteiger partial charge >= 0.3 is 18.2 Å². The van der Waals surface area contributed by atoms with Gasteiger partial charge in [-0.25, -0.2) is 18.0 Å². The van der Waals surface area contributed by atoms with E-state index in [0.29, 0.717) is 18.1 Å². The summed E-state index contributed by atoms with van der Waals surface area (Å²) in [5.41, 5.74) is 0.942. The summed E-state index contributed by atoms with van der Waals surface area (Å²) in [6.45, 7) is 3.29. The Hall–Kier alpha value is -4.43. The van der Waals surface area contributed by atoms with Gasteiger partial charge < -0.3 is 20.6 Å². The first kappa shape index (κ1) is 32.5. The van der Waals surface area contributed by atoms with E-state index in [1.165, 1.54) is 29.2 Å². The molecule has 4 rings (SSSR count). The largest absolute Gasteiger partial charge is 0.478 e. The number of hydrogen-bond donors (Lipinski definition) is 3. The Balaban J connectivity index is 1.57. The normalized spacial score (nSPS) is 16.0. The van der Waals surface area contributed by atoms with Gasteiger partial charge in [0.25, 0.3) is 0 Å². The second kappa shape index (κ2) is 13.1. The Morgan fingerprint density at radius 1 is 0.977 bits per heavy atom. The van der Waals surface area contributed by atoms with Gasteiger partial charge in [0.1, 0.15) is 6.04 Å². The third-order valence-corrected chi connectivity index (χ3v) is 9.11. The molecule has 0 bridgehead atoms. The molecule has 3 amide bonds. The van der Waals surface area contributed by atoms with Crippen LogP contribution in [0.15, 0.2) is 77.7 Å². The van der Waals surface area contributed by atoms with E-state index in [4.69, 9.17) is 0 Å². The highest BCUT2D eigenvalue weighted by molar-refractivity contribution is 7.89. The van der Waals surface area contributed by atoms with Gasteiger partial charge in [0.2, 0.25) is 15.9 Å². The van der Waals surface area contributed by atoms with Crippen LogP contribution in [0, 0.1) is 0 Å². The van der Waals surface area contributed by atoms with Crippen molar-refractivity contribution in [2.24, 2.45) is 0 Å². The Kier molecular flexibility index (Phi) is 9.64. The number of sulfonamides is 1. The summed E-state index contributed by atoms with van der Waals surface area (Å²) in [6, 6.07) is 13.9. The molecule has 0 aromatic heterocycles. The number of carboxylic acids is 1. The van der Waals surface area contributed by atoms with Crippen molar-refractivity contribution in [1.29, 1.82) is 0 Å². The van der Waals surface area contributed by atoms with Gasteiger partial charge in [0.15, 0.2) is 0 Å². The molecular weight excluding hydrogens is 601 g/mol.